The Morgan fingerprint density at radius 2 is 2.03 bits per heavy atom. The average Bonchev–Trinajstić information content (AvgIpc) is 3.14. The van der Waals surface area contributed by atoms with Crippen molar-refractivity contribution in [1.82, 2.24) is 15.1 Å². The lowest BCUT2D eigenvalue weighted by Gasteiger charge is -2.21. The molecular weight excluding hydrogens is 436 g/mol. The Hall–Kier alpha value is -3.16. The summed E-state index contributed by atoms with van der Waals surface area (Å²) in [5, 5.41) is 16.1. The zero-order valence-electron chi connectivity index (χ0n) is 15.3. The van der Waals surface area contributed by atoms with Gasteiger partial charge in [-0.25, -0.2) is 8.78 Å². The molecule has 0 saturated heterocycles. The second-order valence-corrected chi connectivity index (χ2v) is 7.44. The number of benzene rings is 2. The van der Waals surface area contributed by atoms with Crippen molar-refractivity contribution in [3.8, 4) is 6.07 Å². The largest absolute Gasteiger partial charge is 0.406 e. The van der Waals surface area contributed by atoms with Gasteiger partial charge in [-0.2, -0.15) is 5.26 Å². The molecular formula is C19H14ClF2N5O2S. The molecule has 0 saturated carbocycles. The van der Waals surface area contributed by atoms with Gasteiger partial charge in [0.15, 0.2) is 0 Å². The summed E-state index contributed by atoms with van der Waals surface area (Å²) in [6.07, 6.45) is 0. The second kappa shape index (κ2) is 9.56. The number of nitrogens with two attached hydrogens (primary N) is 1. The number of thioether (sulfide) groups is 1. The first-order valence-corrected chi connectivity index (χ1v) is 9.84. The number of carbonyl (C=O) groups is 1. The minimum absolute atomic E-state index is 0.0729. The maximum atomic E-state index is 14.3. The van der Waals surface area contributed by atoms with Crippen LogP contribution in [0.5, 0.6) is 0 Å². The molecule has 3 rings (SSSR count). The molecule has 7 nitrogen and oxygen atoms in total. The number of nitriles is 1. The van der Waals surface area contributed by atoms with Gasteiger partial charge in [-0.1, -0.05) is 28.8 Å². The lowest BCUT2D eigenvalue weighted by molar-refractivity contribution is -0.129. The summed E-state index contributed by atoms with van der Waals surface area (Å²) in [7, 11) is 0. The van der Waals surface area contributed by atoms with Crippen LogP contribution in [0.25, 0.3) is 0 Å². The number of anilines is 1. The van der Waals surface area contributed by atoms with E-state index < -0.39 is 17.5 Å². The van der Waals surface area contributed by atoms with Gasteiger partial charge < -0.3 is 15.1 Å². The van der Waals surface area contributed by atoms with Crippen LogP contribution in [0.15, 0.2) is 45.7 Å². The van der Waals surface area contributed by atoms with Crippen molar-refractivity contribution in [1.29, 1.82) is 5.26 Å². The fourth-order valence-electron chi connectivity index (χ4n) is 2.50. The molecule has 0 radical (unpaired) electrons. The Kier molecular flexibility index (Phi) is 6.87. The van der Waals surface area contributed by atoms with Gasteiger partial charge in [0.2, 0.25) is 11.8 Å². The zero-order chi connectivity index (χ0) is 21.7. The maximum absolute atomic E-state index is 14.3. The zero-order valence-corrected chi connectivity index (χ0v) is 16.9. The van der Waals surface area contributed by atoms with Gasteiger partial charge in [0.25, 0.3) is 0 Å². The Morgan fingerprint density at radius 3 is 2.70 bits per heavy atom. The van der Waals surface area contributed by atoms with E-state index in [0.717, 1.165) is 17.8 Å². The maximum Gasteiger partial charge on any atom is 0.312 e. The number of aromatic nitrogens is 2. The third-order valence-electron chi connectivity index (χ3n) is 3.97. The van der Waals surface area contributed by atoms with E-state index in [1.807, 2.05) is 6.07 Å². The van der Waals surface area contributed by atoms with Crippen LogP contribution in [0.4, 0.5) is 14.8 Å². The summed E-state index contributed by atoms with van der Waals surface area (Å²) < 4.78 is 33.0. The molecule has 0 aliphatic rings. The van der Waals surface area contributed by atoms with E-state index in [1.54, 1.807) is 6.07 Å². The number of nitrogens with zero attached hydrogens (tertiary/aromatic N) is 4. The number of amides is 1. The molecule has 1 aromatic heterocycles. The van der Waals surface area contributed by atoms with E-state index in [9.17, 15) is 13.6 Å². The highest BCUT2D eigenvalue weighted by Crippen LogP contribution is 2.29. The fraction of sp³-hybridized carbons (Fsp3) is 0.158. The third kappa shape index (κ3) is 5.25. The summed E-state index contributed by atoms with van der Waals surface area (Å²) in [5.74, 6) is -1.64. The Morgan fingerprint density at radius 1 is 1.23 bits per heavy atom. The molecule has 3 aromatic rings. The van der Waals surface area contributed by atoms with E-state index in [1.165, 1.54) is 29.2 Å². The highest BCUT2D eigenvalue weighted by atomic mass is 35.5. The molecule has 0 fully saturated rings. The van der Waals surface area contributed by atoms with Crippen molar-refractivity contribution >= 4 is 35.3 Å². The third-order valence-corrected chi connectivity index (χ3v) is 5.51. The van der Waals surface area contributed by atoms with E-state index in [0.29, 0.717) is 4.90 Å². The smallest absolute Gasteiger partial charge is 0.312 e. The van der Waals surface area contributed by atoms with Crippen LogP contribution in [0.1, 0.15) is 17.0 Å². The molecule has 30 heavy (non-hydrogen) atoms. The van der Waals surface area contributed by atoms with Gasteiger partial charge in [-0.3, -0.25) is 4.79 Å². The molecule has 0 aliphatic heterocycles. The Bertz CT molecular complexity index is 1120. The van der Waals surface area contributed by atoms with Crippen molar-refractivity contribution in [2.75, 3.05) is 11.5 Å². The summed E-state index contributed by atoms with van der Waals surface area (Å²) in [5.41, 5.74) is 5.78. The molecule has 0 spiro atoms. The monoisotopic (exact) mass is 449 g/mol. The predicted octanol–water partition coefficient (Wildman–Crippen LogP) is 3.78. The average molecular weight is 450 g/mol. The van der Waals surface area contributed by atoms with E-state index in [4.69, 9.17) is 27.0 Å². The molecule has 0 atom stereocenters. The number of carbonyl (C=O) groups excluding carboxylic acids is 1. The van der Waals surface area contributed by atoms with Crippen LogP contribution >= 0.6 is 23.4 Å². The molecule has 2 aromatic carbocycles. The lowest BCUT2D eigenvalue weighted by atomic mass is 10.1. The molecule has 0 unspecified atom stereocenters. The number of rotatable bonds is 7. The quantitative estimate of drug-likeness (QED) is 0.546. The van der Waals surface area contributed by atoms with Gasteiger partial charge in [-0.05, 0) is 24.3 Å². The van der Waals surface area contributed by atoms with Crippen LogP contribution in [-0.2, 0) is 17.9 Å². The fourth-order valence-corrected chi connectivity index (χ4v) is 3.65. The van der Waals surface area contributed by atoms with Crippen molar-refractivity contribution in [3.05, 3.63) is 70.1 Å². The summed E-state index contributed by atoms with van der Waals surface area (Å²) >= 11 is 6.97. The molecule has 2 N–H and O–H groups in total. The minimum atomic E-state index is -0.627. The topological polar surface area (TPSA) is 109 Å². The SMILES string of the molecule is N#Cc1ccc(CN(Cc2nnc(N)o2)C(=O)CSc2cccc(F)c2Cl)c(F)c1. The van der Waals surface area contributed by atoms with Crippen LogP contribution in [0, 0.1) is 23.0 Å². The van der Waals surface area contributed by atoms with Crippen molar-refractivity contribution in [2.24, 2.45) is 0 Å². The first kappa shape index (κ1) is 21.5. The minimum Gasteiger partial charge on any atom is -0.406 e. The van der Waals surface area contributed by atoms with E-state index in [-0.39, 0.29) is 46.9 Å². The number of hydrogen-bond donors (Lipinski definition) is 1. The van der Waals surface area contributed by atoms with Gasteiger partial charge in [0, 0.05) is 17.0 Å². The molecule has 11 heteroatoms. The van der Waals surface area contributed by atoms with Crippen LogP contribution in [0.3, 0.4) is 0 Å². The van der Waals surface area contributed by atoms with Crippen molar-refractivity contribution < 1.29 is 18.0 Å². The number of nitrogen functional groups attached to an aromatic ring is 1. The van der Waals surface area contributed by atoms with Gasteiger partial charge in [0.1, 0.15) is 11.6 Å². The molecule has 1 amide bonds. The van der Waals surface area contributed by atoms with E-state index in [2.05, 4.69) is 10.2 Å². The van der Waals surface area contributed by atoms with Crippen molar-refractivity contribution in [2.45, 2.75) is 18.0 Å². The lowest BCUT2D eigenvalue weighted by Crippen LogP contribution is -2.32. The van der Waals surface area contributed by atoms with Crippen LogP contribution in [0.2, 0.25) is 5.02 Å². The first-order chi connectivity index (χ1) is 14.4. The highest BCUT2D eigenvalue weighted by molar-refractivity contribution is 8.00. The van der Waals surface area contributed by atoms with Crippen LogP contribution in [-0.4, -0.2) is 26.8 Å². The predicted molar refractivity (Wildman–Crippen MR) is 106 cm³/mol. The van der Waals surface area contributed by atoms with Crippen LogP contribution < -0.4 is 5.73 Å². The van der Waals surface area contributed by atoms with Crippen molar-refractivity contribution in [3.63, 3.8) is 0 Å². The summed E-state index contributed by atoms with van der Waals surface area (Å²) in [4.78, 5) is 14.5. The summed E-state index contributed by atoms with van der Waals surface area (Å²) in [6.45, 7) is -0.226. The molecule has 0 bridgehead atoms. The van der Waals surface area contributed by atoms with Gasteiger partial charge >= 0.3 is 6.01 Å². The Labute approximate surface area is 179 Å². The van der Waals surface area contributed by atoms with Gasteiger partial charge in [0.05, 0.1) is 29.0 Å². The highest BCUT2D eigenvalue weighted by Gasteiger charge is 2.20. The number of hydrogen-bond acceptors (Lipinski definition) is 7. The molecule has 0 aliphatic carbocycles. The van der Waals surface area contributed by atoms with E-state index >= 15 is 0 Å². The summed E-state index contributed by atoms with van der Waals surface area (Å²) in [6, 6.07) is 9.94. The Balaban J connectivity index is 1.78. The number of halogens is 3. The standard InChI is InChI=1S/C19H14ClF2N5O2S/c20-18-13(21)2-1-3-15(18)30-10-17(28)27(9-16-25-26-19(24)29-16)8-12-5-4-11(7-23)6-14(12)22/h1-6H,8-10H2,(H2,24,26). The van der Waals surface area contributed by atoms with Gasteiger partial charge in [-0.15, -0.1) is 16.9 Å². The normalized spacial score (nSPS) is 10.6. The second-order valence-electron chi connectivity index (χ2n) is 6.04. The molecule has 1 heterocycles. The molecule has 154 valence electrons. The first-order valence-electron chi connectivity index (χ1n) is 8.48.